The molecule has 3 heteroatoms. The first-order valence-corrected chi connectivity index (χ1v) is 4.33. The van der Waals surface area contributed by atoms with Crippen LogP contribution in [0.2, 0.25) is 0 Å². The van der Waals surface area contributed by atoms with Gasteiger partial charge < -0.3 is 4.74 Å². The average molecular weight is 240 g/mol. The molecule has 0 aromatic heterocycles. The van der Waals surface area contributed by atoms with Crippen LogP contribution in [0.3, 0.4) is 0 Å². The number of hydrogen-bond acceptors (Lipinski definition) is 2. The van der Waals surface area contributed by atoms with Gasteiger partial charge in [-0.2, -0.15) is 0 Å². The van der Waals surface area contributed by atoms with Crippen LogP contribution in [0.5, 0.6) is 0 Å². The van der Waals surface area contributed by atoms with Gasteiger partial charge in [-0.1, -0.05) is 22.6 Å². The third kappa shape index (κ3) is 2.51. The first-order valence-electron chi connectivity index (χ1n) is 3.09. The minimum atomic E-state index is -0.0332. The van der Waals surface area contributed by atoms with Crippen LogP contribution in [0.1, 0.15) is 19.3 Å². The van der Waals surface area contributed by atoms with Crippen molar-refractivity contribution >= 4 is 28.6 Å². The normalized spacial score (nSPS) is 29.0. The highest BCUT2D eigenvalue weighted by molar-refractivity contribution is 14.1. The number of carbonyl (C=O) groups excluding carboxylic acids is 1. The molecule has 0 bridgehead atoms. The molecule has 1 atom stereocenters. The molecule has 0 saturated carbocycles. The van der Waals surface area contributed by atoms with Crippen LogP contribution < -0.4 is 0 Å². The van der Waals surface area contributed by atoms with Crippen molar-refractivity contribution < 1.29 is 9.53 Å². The summed E-state index contributed by atoms with van der Waals surface area (Å²) in [5, 5.41) is 0. The lowest BCUT2D eigenvalue weighted by molar-refractivity contribution is -0.142. The van der Waals surface area contributed by atoms with E-state index in [4.69, 9.17) is 4.74 Å². The Morgan fingerprint density at radius 3 is 3.11 bits per heavy atom. The first-order chi connectivity index (χ1) is 4.29. The Labute approximate surface area is 68.1 Å². The highest BCUT2D eigenvalue weighted by Gasteiger charge is 2.13. The fraction of sp³-hybridized carbons (Fsp3) is 0.833. The summed E-state index contributed by atoms with van der Waals surface area (Å²) in [6.45, 7) is 0.617. The SMILES string of the molecule is O=C1CC[C@H](I)CCO1. The Bertz CT molecular complexity index is 114. The van der Waals surface area contributed by atoms with Crippen molar-refractivity contribution in [3.8, 4) is 0 Å². The molecule has 0 N–H and O–H groups in total. The van der Waals surface area contributed by atoms with Gasteiger partial charge in [0.05, 0.1) is 6.61 Å². The highest BCUT2D eigenvalue weighted by Crippen LogP contribution is 2.16. The second kappa shape index (κ2) is 3.39. The van der Waals surface area contributed by atoms with E-state index >= 15 is 0 Å². The zero-order valence-corrected chi connectivity index (χ0v) is 7.26. The van der Waals surface area contributed by atoms with Gasteiger partial charge in [0.1, 0.15) is 0 Å². The number of rotatable bonds is 0. The summed E-state index contributed by atoms with van der Waals surface area (Å²) < 4.78 is 5.46. The number of carbonyl (C=O) groups is 1. The van der Waals surface area contributed by atoms with E-state index in [9.17, 15) is 4.79 Å². The fourth-order valence-electron chi connectivity index (χ4n) is 0.792. The minimum absolute atomic E-state index is 0.0332. The summed E-state index contributed by atoms with van der Waals surface area (Å²) in [5.74, 6) is -0.0332. The summed E-state index contributed by atoms with van der Waals surface area (Å²) in [5.41, 5.74) is 0. The summed E-state index contributed by atoms with van der Waals surface area (Å²) in [6, 6.07) is 0. The van der Waals surface area contributed by atoms with Crippen molar-refractivity contribution in [3.63, 3.8) is 0 Å². The van der Waals surface area contributed by atoms with E-state index in [0.29, 0.717) is 17.0 Å². The Hall–Kier alpha value is 0.200. The molecule has 0 spiro atoms. The van der Waals surface area contributed by atoms with Crippen LogP contribution in [0.25, 0.3) is 0 Å². The maximum Gasteiger partial charge on any atom is 0.305 e. The molecule has 1 aliphatic rings. The van der Waals surface area contributed by atoms with Crippen molar-refractivity contribution in [1.82, 2.24) is 0 Å². The molecule has 1 rings (SSSR count). The number of ether oxygens (including phenoxy) is 1. The fourth-order valence-corrected chi connectivity index (χ4v) is 1.36. The number of cyclic esters (lactones) is 1. The third-order valence-corrected chi connectivity index (χ3v) is 2.60. The predicted molar refractivity (Wildman–Crippen MR) is 42.6 cm³/mol. The van der Waals surface area contributed by atoms with E-state index in [1.165, 1.54) is 0 Å². The maximum absolute atomic E-state index is 10.6. The lowest BCUT2D eigenvalue weighted by Crippen LogP contribution is -2.00. The molecule has 9 heavy (non-hydrogen) atoms. The van der Waals surface area contributed by atoms with Gasteiger partial charge in [0, 0.05) is 10.3 Å². The van der Waals surface area contributed by atoms with Gasteiger partial charge in [0.2, 0.25) is 0 Å². The Balaban J connectivity index is 2.34. The zero-order chi connectivity index (χ0) is 6.69. The van der Waals surface area contributed by atoms with Gasteiger partial charge in [0.25, 0.3) is 0 Å². The van der Waals surface area contributed by atoms with Crippen molar-refractivity contribution in [3.05, 3.63) is 0 Å². The molecule has 0 amide bonds. The van der Waals surface area contributed by atoms with Crippen molar-refractivity contribution in [2.45, 2.75) is 23.2 Å². The molecular weight excluding hydrogens is 231 g/mol. The Morgan fingerprint density at radius 2 is 2.33 bits per heavy atom. The van der Waals surface area contributed by atoms with Gasteiger partial charge >= 0.3 is 5.97 Å². The lowest BCUT2D eigenvalue weighted by atomic mass is 10.2. The lowest BCUT2D eigenvalue weighted by Gasteiger charge is -1.98. The molecule has 1 aliphatic heterocycles. The van der Waals surface area contributed by atoms with Crippen LogP contribution >= 0.6 is 22.6 Å². The molecular formula is C6H9IO2. The van der Waals surface area contributed by atoms with E-state index < -0.39 is 0 Å². The van der Waals surface area contributed by atoms with E-state index in [-0.39, 0.29) is 5.97 Å². The quantitative estimate of drug-likeness (QED) is 0.364. The van der Waals surface area contributed by atoms with Gasteiger partial charge in [-0.25, -0.2) is 0 Å². The standard InChI is InChI=1S/C6H9IO2/c7-5-1-2-6(8)9-4-3-5/h5H,1-4H2/t5-/m0/s1. The second-order valence-electron chi connectivity index (χ2n) is 2.15. The van der Waals surface area contributed by atoms with Crippen LogP contribution in [-0.4, -0.2) is 16.5 Å². The summed E-state index contributed by atoms with van der Waals surface area (Å²) in [7, 11) is 0. The molecule has 1 saturated heterocycles. The van der Waals surface area contributed by atoms with Crippen LogP contribution in [0, 0.1) is 0 Å². The average Bonchev–Trinajstić information content (AvgIpc) is 1.97. The predicted octanol–water partition coefficient (Wildman–Crippen LogP) is 1.52. The summed E-state index contributed by atoms with van der Waals surface area (Å²) in [6.07, 6.45) is 2.61. The van der Waals surface area contributed by atoms with E-state index in [1.807, 2.05) is 0 Å². The van der Waals surface area contributed by atoms with Gasteiger partial charge in [0.15, 0.2) is 0 Å². The third-order valence-electron chi connectivity index (χ3n) is 1.36. The van der Waals surface area contributed by atoms with Crippen molar-refractivity contribution in [1.29, 1.82) is 0 Å². The summed E-state index contributed by atoms with van der Waals surface area (Å²) >= 11 is 2.36. The van der Waals surface area contributed by atoms with Crippen LogP contribution in [0.4, 0.5) is 0 Å². The molecule has 0 aliphatic carbocycles. The monoisotopic (exact) mass is 240 g/mol. The van der Waals surface area contributed by atoms with Gasteiger partial charge in [-0.05, 0) is 12.8 Å². The molecule has 1 fully saturated rings. The topological polar surface area (TPSA) is 26.3 Å². The van der Waals surface area contributed by atoms with E-state index in [0.717, 1.165) is 12.8 Å². The van der Waals surface area contributed by atoms with E-state index in [1.54, 1.807) is 0 Å². The molecule has 0 aromatic carbocycles. The molecule has 0 aromatic rings. The molecule has 0 radical (unpaired) electrons. The maximum atomic E-state index is 10.6. The van der Waals surface area contributed by atoms with Gasteiger partial charge in [-0.3, -0.25) is 4.79 Å². The Kier molecular flexibility index (Phi) is 2.75. The minimum Gasteiger partial charge on any atom is -0.466 e. The van der Waals surface area contributed by atoms with Crippen molar-refractivity contribution in [2.75, 3.05) is 6.61 Å². The smallest absolute Gasteiger partial charge is 0.305 e. The Morgan fingerprint density at radius 1 is 1.56 bits per heavy atom. The molecule has 1 heterocycles. The number of alkyl halides is 1. The van der Waals surface area contributed by atoms with Crippen LogP contribution in [-0.2, 0) is 9.53 Å². The van der Waals surface area contributed by atoms with Crippen LogP contribution in [0.15, 0.2) is 0 Å². The molecule has 52 valence electrons. The molecule has 2 nitrogen and oxygen atoms in total. The number of halogens is 1. The second-order valence-corrected chi connectivity index (χ2v) is 3.91. The van der Waals surface area contributed by atoms with E-state index in [2.05, 4.69) is 22.6 Å². The largest absolute Gasteiger partial charge is 0.466 e. The molecule has 0 unspecified atom stereocenters. The zero-order valence-electron chi connectivity index (χ0n) is 5.10. The highest BCUT2D eigenvalue weighted by atomic mass is 127. The first kappa shape index (κ1) is 7.31. The van der Waals surface area contributed by atoms with Crippen molar-refractivity contribution in [2.24, 2.45) is 0 Å². The summed E-state index contributed by atoms with van der Waals surface area (Å²) in [4.78, 5) is 10.6. The number of hydrogen-bond donors (Lipinski definition) is 0. The number of esters is 1. The van der Waals surface area contributed by atoms with Gasteiger partial charge in [-0.15, -0.1) is 0 Å².